The Morgan fingerprint density at radius 3 is 2.45 bits per heavy atom. The summed E-state index contributed by atoms with van der Waals surface area (Å²) in [7, 11) is 0. The van der Waals surface area contributed by atoms with E-state index >= 15 is 0 Å². The van der Waals surface area contributed by atoms with Gasteiger partial charge in [-0.25, -0.2) is 5.43 Å². The van der Waals surface area contributed by atoms with Crippen LogP contribution in [0.2, 0.25) is 5.02 Å². The summed E-state index contributed by atoms with van der Waals surface area (Å²) in [5.41, 5.74) is 5.91. The molecular weight excluding hydrogens is 468 g/mol. The zero-order chi connectivity index (χ0) is 22.3. The van der Waals surface area contributed by atoms with E-state index in [-0.39, 0.29) is 17.1 Å². The fraction of sp³-hybridized carbons (Fsp3) is 0.273. The summed E-state index contributed by atoms with van der Waals surface area (Å²) in [5.74, 6) is 0.766. The average molecular weight is 491 g/mol. The molecule has 0 saturated heterocycles. The standard InChI is InChI=1S/C22H23ClN4OS3/c1-22(2,3)17-10-8-15(9-11-17)12-24-25-19(28)14-30-21-27-26-20(31-21)29-13-16-6-4-5-7-18(16)23/h4-12H,13-14H2,1-3H3,(H,25,28)/b24-12+. The van der Waals surface area contributed by atoms with Crippen LogP contribution in [0.15, 0.2) is 62.3 Å². The van der Waals surface area contributed by atoms with Crippen molar-refractivity contribution in [3.8, 4) is 0 Å². The molecule has 3 rings (SSSR count). The molecule has 0 bridgehead atoms. The van der Waals surface area contributed by atoms with E-state index < -0.39 is 0 Å². The molecule has 0 aliphatic carbocycles. The molecule has 0 atom stereocenters. The third kappa shape index (κ3) is 7.64. The topological polar surface area (TPSA) is 67.2 Å². The van der Waals surface area contributed by atoms with Gasteiger partial charge in [0.1, 0.15) is 0 Å². The lowest BCUT2D eigenvalue weighted by Crippen LogP contribution is -2.19. The molecule has 0 saturated carbocycles. The zero-order valence-corrected chi connectivity index (χ0v) is 20.7. The lowest BCUT2D eigenvalue weighted by molar-refractivity contribution is -0.118. The molecule has 31 heavy (non-hydrogen) atoms. The Hall–Kier alpha value is -1.87. The van der Waals surface area contributed by atoms with E-state index in [0.29, 0.717) is 0 Å². The molecule has 0 unspecified atom stereocenters. The first-order valence-corrected chi connectivity index (χ1v) is 12.7. The van der Waals surface area contributed by atoms with Gasteiger partial charge in [-0.3, -0.25) is 4.79 Å². The van der Waals surface area contributed by atoms with E-state index in [9.17, 15) is 4.79 Å². The van der Waals surface area contributed by atoms with Crippen LogP contribution in [0, 0.1) is 0 Å². The third-order valence-corrected chi connectivity index (χ3v) is 7.81. The number of hydrazone groups is 1. The number of nitrogens with zero attached hydrogens (tertiary/aromatic N) is 3. The van der Waals surface area contributed by atoms with E-state index in [1.807, 2.05) is 36.4 Å². The number of hydrogen-bond donors (Lipinski definition) is 1. The fourth-order valence-electron chi connectivity index (χ4n) is 2.48. The summed E-state index contributed by atoms with van der Waals surface area (Å²) in [6.45, 7) is 6.52. The number of hydrogen-bond acceptors (Lipinski definition) is 7. The molecule has 3 aromatic rings. The van der Waals surface area contributed by atoms with E-state index in [0.717, 1.165) is 30.6 Å². The van der Waals surface area contributed by atoms with Crippen LogP contribution in [0.25, 0.3) is 0 Å². The molecule has 9 heteroatoms. The molecule has 1 amide bonds. The first kappa shape index (κ1) is 23.8. The summed E-state index contributed by atoms with van der Waals surface area (Å²) >= 11 is 10.6. The quantitative estimate of drug-likeness (QED) is 0.237. The monoisotopic (exact) mass is 490 g/mol. The van der Waals surface area contributed by atoms with Gasteiger partial charge in [0.2, 0.25) is 0 Å². The molecule has 0 aliphatic heterocycles. The number of halogens is 1. The maximum atomic E-state index is 12.0. The van der Waals surface area contributed by atoms with Gasteiger partial charge in [0.25, 0.3) is 5.91 Å². The lowest BCUT2D eigenvalue weighted by atomic mass is 9.87. The number of rotatable bonds is 8. The Morgan fingerprint density at radius 2 is 1.77 bits per heavy atom. The highest BCUT2D eigenvalue weighted by Crippen LogP contribution is 2.32. The number of carbonyl (C=O) groups excluding carboxylic acids is 1. The average Bonchev–Trinajstić information content (AvgIpc) is 3.19. The minimum absolute atomic E-state index is 0.110. The second kappa shape index (κ2) is 11.1. The molecule has 0 fully saturated rings. The Balaban J connectivity index is 1.42. The smallest absolute Gasteiger partial charge is 0.250 e. The largest absolute Gasteiger partial charge is 0.272 e. The van der Waals surface area contributed by atoms with Gasteiger partial charge >= 0.3 is 0 Å². The van der Waals surface area contributed by atoms with Gasteiger partial charge < -0.3 is 0 Å². The van der Waals surface area contributed by atoms with Crippen molar-refractivity contribution in [2.45, 2.75) is 40.6 Å². The first-order chi connectivity index (χ1) is 14.8. The molecule has 0 spiro atoms. The molecule has 0 radical (unpaired) electrons. The summed E-state index contributed by atoms with van der Waals surface area (Å²) in [5, 5.41) is 13.1. The van der Waals surface area contributed by atoms with Crippen LogP contribution < -0.4 is 5.43 Å². The number of aromatic nitrogens is 2. The molecule has 1 aromatic heterocycles. The Bertz CT molecular complexity index is 1050. The Kier molecular flexibility index (Phi) is 8.54. The second-order valence-corrected chi connectivity index (χ2v) is 11.5. The molecule has 2 aromatic carbocycles. The van der Waals surface area contributed by atoms with Crippen LogP contribution in [0.3, 0.4) is 0 Å². The lowest BCUT2D eigenvalue weighted by Gasteiger charge is -2.18. The highest BCUT2D eigenvalue weighted by Gasteiger charge is 2.12. The van der Waals surface area contributed by atoms with Crippen molar-refractivity contribution >= 4 is 58.6 Å². The molecule has 162 valence electrons. The van der Waals surface area contributed by atoms with Gasteiger partial charge in [0.05, 0.1) is 12.0 Å². The van der Waals surface area contributed by atoms with Gasteiger partial charge in [-0.2, -0.15) is 5.10 Å². The maximum absolute atomic E-state index is 12.0. The predicted molar refractivity (Wildman–Crippen MR) is 133 cm³/mol. The highest BCUT2D eigenvalue weighted by molar-refractivity contribution is 8.03. The molecular formula is C22H23ClN4OS3. The van der Waals surface area contributed by atoms with Crippen molar-refractivity contribution in [2.75, 3.05) is 5.75 Å². The Labute approximate surface area is 200 Å². The van der Waals surface area contributed by atoms with Crippen LogP contribution in [0.5, 0.6) is 0 Å². The minimum atomic E-state index is -0.187. The number of carbonyl (C=O) groups is 1. The normalized spacial score (nSPS) is 11.7. The molecule has 5 nitrogen and oxygen atoms in total. The fourth-order valence-corrected chi connectivity index (χ4v) is 5.57. The minimum Gasteiger partial charge on any atom is -0.272 e. The number of nitrogens with one attached hydrogen (secondary N) is 1. The van der Waals surface area contributed by atoms with Crippen molar-refractivity contribution in [1.82, 2.24) is 15.6 Å². The van der Waals surface area contributed by atoms with Crippen LogP contribution in [0.1, 0.15) is 37.5 Å². The van der Waals surface area contributed by atoms with Crippen molar-refractivity contribution in [3.63, 3.8) is 0 Å². The zero-order valence-electron chi connectivity index (χ0n) is 17.5. The summed E-state index contributed by atoms with van der Waals surface area (Å²) in [6, 6.07) is 15.9. The van der Waals surface area contributed by atoms with Gasteiger partial charge in [-0.05, 0) is 28.2 Å². The first-order valence-electron chi connectivity index (χ1n) is 9.56. The predicted octanol–water partition coefficient (Wildman–Crippen LogP) is 6.02. The van der Waals surface area contributed by atoms with Gasteiger partial charge in [0.15, 0.2) is 8.68 Å². The van der Waals surface area contributed by atoms with Crippen LogP contribution in [-0.4, -0.2) is 28.1 Å². The third-order valence-electron chi connectivity index (χ3n) is 4.20. The van der Waals surface area contributed by atoms with E-state index in [1.54, 1.807) is 18.0 Å². The number of benzene rings is 2. The number of amides is 1. The van der Waals surface area contributed by atoms with Crippen molar-refractivity contribution in [1.29, 1.82) is 0 Å². The van der Waals surface area contributed by atoms with Crippen molar-refractivity contribution in [3.05, 3.63) is 70.2 Å². The van der Waals surface area contributed by atoms with Crippen molar-refractivity contribution in [2.24, 2.45) is 5.10 Å². The van der Waals surface area contributed by atoms with E-state index in [1.165, 1.54) is 28.7 Å². The van der Waals surface area contributed by atoms with Crippen molar-refractivity contribution < 1.29 is 4.79 Å². The van der Waals surface area contributed by atoms with E-state index in [4.69, 9.17) is 11.6 Å². The number of thioether (sulfide) groups is 2. The summed E-state index contributed by atoms with van der Waals surface area (Å²) in [6.07, 6.45) is 1.64. The Morgan fingerprint density at radius 1 is 1.10 bits per heavy atom. The summed E-state index contributed by atoms with van der Waals surface area (Å²) < 4.78 is 1.60. The second-order valence-electron chi connectivity index (χ2n) is 7.67. The van der Waals surface area contributed by atoms with Gasteiger partial charge in [-0.15, -0.1) is 10.2 Å². The summed E-state index contributed by atoms with van der Waals surface area (Å²) in [4.78, 5) is 12.0. The maximum Gasteiger partial charge on any atom is 0.250 e. The van der Waals surface area contributed by atoms with Crippen LogP contribution in [0.4, 0.5) is 0 Å². The highest BCUT2D eigenvalue weighted by atomic mass is 35.5. The van der Waals surface area contributed by atoms with E-state index in [2.05, 4.69) is 53.6 Å². The molecule has 1 N–H and O–H groups in total. The van der Waals surface area contributed by atoms with Gasteiger partial charge in [0, 0.05) is 10.8 Å². The van der Waals surface area contributed by atoms with Gasteiger partial charge in [-0.1, -0.05) is 110 Å². The molecule has 0 aliphatic rings. The van der Waals surface area contributed by atoms with Crippen LogP contribution >= 0.6 is 46.5 Å². The van der Waals surface area contributed by atoms with Crippen LogP contribution in [-0.2, 0) is 16.0 Å². The SMILES string of the molecule is CC(C)(C)c1ccc(/C=N/NC(=O)CSc2nnc(SCc3ccccc3Cl)s2)cc1. The molecule has 1 heterocycles.